The first-order valence-corrected chi connectivity index (χ1v) is 7.20. The van der Waals surface area contributed by atoms with Gasteiger partial charge >= 0.3 is 0 Å². The third kappa shape index (κ3) is 1.86. The van der Waals surface area contributed by atoms with Crippen molar-refractivity contribution < 1.29 is 5.11 Å². The summed E-state index contributed by atoms with van der Waals surface area (Å²) < 4.78 is 0. The van der Waals surface area contributed by atoms with Crippen molar-refractivity contribution >= 4 is 11.8 Å². The lowest BCUT2D eigenvalue weighted by Gasteiger charge is -2.35. The van der Waals surface area contributed by atoms with Gasteiger partial charge in [-0.2, -0.15) is 0 Å². The summed E-state index contributed by atoms with van der Waals surface area (Å²) in [4.78, 5) is 1.21. The zero-order valence-corrected chi connectivity index (χ0v) is 11.2. The fourth-order valence-corrected chi connectivity index (χ4v) is 3.71. The third-order valence-electron chi connectivity index (χ3n) is 3.55. The first kappa shape index (κ1) is 11.8. The molecule has 0 aliphatic carbocycles. The number of rotatable bonds is 1. The Bertz CT molecular complexity index is 565. The Kier molecular flexibility index (Phi) is 2.92. The highest BCUT2D eigenvalue weighted by atomic mass is 32.2. The first-order valence-electron chi connectivity index (χ1n) is 6.22. The Balaban J connectivity index is 2.18. The highest BCUT2D eigenvalue weighted by Gasteiger charge is 2.36. The Labute approximate surface area is 112 Å². The quantitative estimate of drug-likeness (QED) is 0.839. The van der Waals surface area contributed by atoms with Crippen molar-refractivity contribution in [3.05, 3.63) is 65.2 Å². The molecule has 92 valence electrons. The van der Waals surface area contributed by atoms with E-state index >= 15 is 0 Å². The van der Waals surface area contributed by atoms with Crippen molar-refractivity contribution in [2.24, 2.45) is 0 Å². The molecule has 0 saturated carbocycles. The van der Waals surface area contributed by atoms with E-state index in [1.165, 1.54) is 10.5 Å². The Morgan fingerprint density at radius 2 is 1.89 bits per heavy atom. The largest absolute Gasteiger partial charge is 0.380 e. The van der Waals surface area contributed by atoms with E-state index in [1.54, 1.807) is 0 Å². The van der Waals surface area contributed by atoms with Gasteiger partial charge in [0.15, 0.2) is 0 Å². The molecule has 2 aromatic rings. The molecule has 1 heterocycles. The summed E-state index contributed by atoms with van der Waals surface area (Å²) in [6, 6.07) is 16.4. The van der Waals surface area contributed by atoms with Gasteiger partial charge in [-0.05, 0) is 25.0 Å². The zero-order chi connectivity index (χ0) is 12.6. The second-order valence-electron chi connectivity index (χ2n) is 4.82. The summed E-state index contributed by atoms with van der Waals surface area (Å²) in [5, 5.41) is 11.1. The molecule has 0 unspecified atom stereocenters. The van der Waals surface area contributed by atoms with Crippen molar-refractivity contribution in [1.82, 2.24) is 0 Å². The maximum Gasteiger partial charge on any atom is 0.116 e. The summed E-state index contributed by atoms with van der Waals surface area (Å²) in [6.45, 7) is 2.07. The average molecular weight is 256 g/mol. The van der Waals surface area contributed by atoms with Crippen LogP contribution in [-0.2, 0) is 5.60 Å². The van der Waals surface area contributed by atoms with Crippen LogP contribution in [0, 0.1) is 6.92 Å². The molecule has 18 heavy (non-hydrogen) atoms. The number of hydrogen-bond acceptors (Lipinski definition) is 2. The van der Waals surface area contributed by atoms with E-state index in [4.69, 9.17) is 0 Å². The van der Waals surface area contributed by atoms with Crippen molar-refractivity contribution in [2.45, 2.75) is 23.8 Å². The summed E-state index contributed by atoms with van der Waals surface area (Å²) in [5.74, 6) is 0.960. The van der Waals surface area contributed by atoms with Crippen LogP contribution in [0.2, 0.25) is 0 Å². The van der Waals surface area contributed by atoms with Crippen LogP contribution < -0.4 is 0 Å². The molecule has 0 saturated heterocycles. The molecule has 1 aliphatic rings. The van der Waals surface area contributed by atoms with Crippen LogP contribution in [0.3, 0.4) is 0 Å². The molecule has 0 spiro atoms. The Morgan fingerprint density at radius 3 is 2.67 bits per heavy atom. The van der Waals surface area contributed by atoms with E-state index in [9.17, 15) is 5.11 Å². The minimum atomic E-state index is -0.826. The summed E-state index contributed by atoms with van der Waals surface area (Å²) in [7, 11) is 0. The SMILES string of the molecule is Cc1ccc2c(c1)[C@](O)(c1ccccc1)CCS2. The van der Waals surface area contributed by atoms with E-state index in [0.29, 0.717) is 0 Å². The van der Waals surface area contributed by atoms with Gasteiger partial charge in [0, 0.05) is 16.2 Å². The van der Waals surface area contributed by atoms with Crippen LogP contribution in [0.25, 0.3) is 0 Å². The molecule has 0 fully saturated rings. The molecule has 0 amide bonds. The maximum absolute atomic E-state index is 11.1. The number of hydrogen-bond donors (Lipinski definition) is 1. The predicted octanol–water partition coefficient (Wildman–Crippen LogP) is 3.73. The zero-order valence-electron chi connectivity index (χ0n) is 10.4. The third-order valence-corrected chi connectivity index (χ3v) is 4.63. The van der Waals surface area contributed by atoms with Crippen LogP contribution in [0.1, 0.15) is 23.1 Å². The van der Waals surface area contributed by atoms with Gasteiger partial charge in [-0.15, -0.1) is 11.8 Å². The van der Waals surface area contributed by atoms with Gasteiger partial charge in [0.05, 0.1) is 0 Å². The molecular formula is C16H16OS. The molecule has 0 aromatic heterocycles. The van der Waals surface area contributed by atoms with Crippen LogP contribution in [-0.4, -0.2) is 10.9 Å². The number of thioether (sulfide) groups is 1. The van der Waals surface area contributed by atoms with Crippen molar-refractivity contribution in [1.29, 1.82) is 0 Å². The monoisotopic (exact) mass is 256 g/mol. The molecule has 1 atom stereocenters. The highest BCUT2D eigenvalue weighted by molar-refractivity contribution is 7.99. The smallest absolute Gasteiger partial charge is 0.116 e. The molecule has 0 radical (unpaired) electrons. The lowest BCUT2D eigenvalue weighted by molar-refractivity contribution is 0.0731. The molecule has 3 rings (SSSR count). The van der Waals surface area contributed by atoms with Gasteiger partial charge in [-0.3, -0.25) is 0 Å². The second-order valence-corrected chi connectivity index (χ2v) is 5.96. The number of benzene rings is 2. The van der Waals surface area contributed by atoms with Crippen LogP contribution >= 0.6 is 11.8 Å². The van der Waals surface area contributed by atoms with Gasteiger partial charge in [0.2, 0.25) is 0 Å². The van der Waals surface area contributed by atoms with E-state index in [1.807, 2.05) is 42.1 Å². The summed E-state index contributed by atoms with van der Waals surface area (Å²) >= 11 is 1.83. The molecule has 0 bridgehead atoms. The lowest BCUT2D eigenvalue weighted by atomic mass is 9.83. The number of aliphatic hydroxyl groups is 1. The van der Waals surface area contributed by atoms with Crippen molar-refractivity contribution in [3.8, 4) is 0 Å². The van der Waals surface area contributed by atoms with Crippen molar-refractivity contribution in [2.75, 3.05) is 5.75 Å². The van der Waals surface area contributed by atoms with E-state index in [2.05, 4.69) is 25.1 Å². The maximum atomic E-state index is 11.1. The van der Waals surface area contributed by atoms with E-state index in [0.717, 1.165) is 23.3 Å². The van der Waals surface area contributed by atoms with E-state index < -0.39 is 5.60 Å². The van der Waals surface area contributed by atoms with Gasteiger partial charge in [0.1, 0.15) is 5.60 Å². The second kappa shape index (κ2) is 4.45. The normalized spacial score (nSPS) is 22.6. The van der Waals surface area contributed by atoms with Crippen LogP contribution in [0.5, 0.6) is 0 Å². The molecule has 2 heteroatoms. The van der Waals surface area contributed by atoms with Gasteiger partial charge in [0.25, 0.3) is 0 Å². The van der Waals surface area contributed by atoms with Gasteiger partial charge in [-0.1, -0.05) is 48.0 Å². The number of fused-ring (bicyclic) bond motifs is 1. The van der Waals surface area contributed by atoms with Crippen LogP contribution in [0.15, 0.2) is 53.4 Å². The standard InChI is InChI=1S/C16H16OS/c1-12-7-8-15-14(11-12)16(17,9-10-18-15)13-5-3-2-4-6-13/h2-8,11,17H,9-10H2,1H3/t16-/m1/s1. The average Bonchev–Trinajstić information content (AvgIpc) is 2.41. The first-order chi connectivity index (χ1) is 8.70. The minimum absolute atomic E-state index is 0.776. The van der Waals surface area contributed by atoms with Crippen molar-refractivity contribution in [3.63, 3.8) is 0 Å². The molecular weight excluding hydrogens is 240 g/mol. The summed E-state index contributed by atoms with van der Waals surface area (Å²) in [6.07, 6.45) is 0.776. The topological polar surface area (TPSA) is 20.2 Å². The highest BCUT2D eigenvalue weighted by Crippen LogP contribution is 2.44. The minimum Gasteiger partial charge on any atom is -0.380 e. The molecule has 1 aliphatic heterocycles. The Hall–Kier alpha value is -1.25. The molecule has 1 nitrogen and oxygen atoms in total. The Morgan fingerprint density at radius 1 is 1.11 bits per heavy atom. The molecule has 1 N–H and O–H groups in total. The molecule has 2 aromatic carbocycles. The lowest BCUT2D eigenvalue weighted by Crippen LogP contribution is -2.31. The summed E-state index contributed by atoms with van der Waals surface area (Å²) in [5.41, 5.74) is 2.43. The fraction of sp³-hybridized carbons (Fsp3) is 0.250. The van der Waals surface area contributed by atoms with Gasteiger partial charge < -0.3 is 5.11 Å². The fourth-order valence-electron chi connectivity index (χ4n) is 2.55. The van der Waals surface area contributed by atoms with E-state index in [-0.39, 0.29) is 0 Å². The van der Waals surface area contributed by atoms with Gasteiger partial charge in [-0.25, -0.2) is 0 Å². The number of aryl methyl sites for hydroxylation is 1. The predicted molar refractivity (Wildman–Crippen MR) is 76.0 cm³/mol. The van der Waals surface area contributed by atoms with Crippen LogP contribution in [0.4, 0.5) is 0 Å².